The monoisotopic (exact) mass is 556 g/mol. The summed E-state index contributed by atoms with van der Waals surface area (Å²) in [5.74, 6) is -0.985. The van der Waals surface area contributed by atoms with Crippen LogP contribution in [0.25, 0.3) is 11.0 Å². The lowest BCUT2D eigenvalue weighted by Crippen LogP contribution is -2.54. The van der Waals surface area contributed by atoms with Gasteiger partial charge in [-0.1, -0.05) is 26.0 Å². The fourth-order valence-corrected chi connectivity index (χ4v) is 6.05. The number of aliphatic hydroxyl groups is 1. The molecule has 1 aliphatic heterocycles. The molecule has 2 aromatic heterocycles. The summed E-state index contributed by atoms with van der Waals surface area (Å²) in [6, 6.07) is 9.54. The first-order valence-corrected chi connectivity index (χ1v) is 14.2. The first-order chi connectivity index (χ1) is 18.6. The molecule has 4 rings (SSSR count). The topological polar surface area (TPSA) is 169 Å². The Bertz CT molecular complexity index is 1450. The van der Waals surface area contributed by atoms with E-state index in [2.05, 4.69) is 20.6 Å². The molecular formula is C26H32N6O6S. The highest BCUT2D eigenvalue weighted by atomic mass is 32.2. The van der Waals surface area contributed by atoms with Gasteiger partial charge in [-0.25, -0.2) is 13.4 Å². The minimum absolute atomic E-state index is 0.0630. The number of β-amino-alcohol motifs (C(OH)–C–C–N with tert-alkyl or cyclic N) is 1. The van der Waals surface area contributed by atoms with Crippen LogP contribution in [0.15, 0.2) is 59.9 Å². The molecule has 3 heterocycles. The van der Waals surface area contributed by atoms with Crippen molar-refractivity contribution < 1.29 is 27.8 Å². The molecule has 39 heavy (non-hydrogen) atoms. The van der Waals surface area contributed by atoms with Crippen LogP contribution in [0, 0.1) is 11.1 Å². The molecule has 1 saturated heterocycles. The molecule has 2 unspecified atom stereocenters. The first kappa shape index (κ1) is 28.3. The minimum Gasteiger partial charge on any atom is -0.618 e. The number of nitrogens with zero attached hydrogens (tertiary/aromatic N) is 4. The number of sulfonamides is 1. The van der Waals surface area contributed by atoms with Gasteiger partial charge in [0.15, 0.2) is 6.20 Å². The van der Waals surface area contributed by atoms with E-state index >= 15 is 0 Å². The van der Waals surface area contributed by atoms with Crippen molar-refractivity contribution in [2.75, 3.05) is 13.1 Å². The molecule has 2 amide bonds. The smallest absolute Gasteiger partial charge is 0.323 e. The Balaban J connectivity index is 1.45. The summed E-state index contributed by atoms with van der Waals surface area (Å²) in [5, 5.41) is 28.0. The Morgan fingerprint density at radius 2 is 1.90 bits per heavy atom. The third-order valence-electron chi connectivity index (χ3n) is 6.51. The Morgan fingerprint density at radius 3 is 2.62 bits per heavy atom. The maximum absolute atomic E-state index is 13.3. The maximum Gasteiger partial charge on any atom is 0.323 e. The normalized spacial score (nSPS) is 19.4. The largest absolute Gasteiger partial charge is 0.618 e. The predicted octanol–water partition coefficient (Wildman–Crippen LogP) is 0.738. The summed E-state index contributed by atoms with van der Waals surface area (Å²) >= 11 is 0. The summed E-state index contributed by atoms with van der Waals surface area (Å²) in [6.45, 7) is 3.61. The van der Waals surface area contributed by atoms with Crippen LogP contribution in [0.5, 0.6) is 0 Å². The Morgan fingerprint density at radius 1 is 1.18 bits per heavy atom. The zero-order valence-electron chi connectivity index (χ0n) is 21.7. The number of rotatable bonds is 8. The Labute approximate surface area is 226 Å². The highest BCUT2D eigenvalue weighted by Gasteiger charge is 2.37. The maximum atomic E-state index is 13.3. The van der Waals surface area contributed by atoms with Crippen LogP contribution >= 0.6 is 0 Å². The second kappa shape index (κ2) is 12.0. The van der Waals surface area contributed by atoms with Gasteiger partial charge in [0.05, 0.1) is 29.4 Å². The number of hydrogen-bond donors (Lipinski definition) is 3. The van der Waals surface area contributed by atoms with Gasteiger partial charge in [-0.15, -0.1) is 0 Å². The van der Waals surface area contributed by atoms with Gasteiger partial charge in [0.2, 0.25) is 5.91 Å². The lowest BCUT2D eigenvalue weighted by molar-refractivity contribution is -0.646. The van der Waals surface area contributed by atoms with E-state index in [1.54, 1.807) is 18.2 Å². The molecular weight excluding hydrogens is 524 g/mol. The van der Waals surface area contributed by atoms with E-state index in [0.717, 1.165) is 10.5 Å². The number of carbonyl (C=O) groups is 2. The van der Waals surface area contributed by atoms with Gasteiger partial charge in [-0.05, 0) is 43.4 Å². The molecule has 1 aliphatic rings. The number of fused-ring (bicyclic) bond motifs is 1. The molecule has 0 saturated carbocycles. The van der Waals surface area contributed by atoms with Crippen LogP contribution in [0.3, 0.4) is 0 Å². The van der Waals surface area contributed by atoms with Crippen LogP contribution in [-0.4, -0.2) is 70.9 Å². The molecule has 1 aromatic carbocycles. The van der Waals surface area contributed by atoms with Gasteiger partial charge in [0, 0.05) is 25.2 Å². The number of benzene rings is 1. The van der Waals surface area contributed by atoms with Crippen molar-refractivity contribution in [1.82, 2.24) is 24.9 Å². The highest BCUT2D eigenvalue weighted by Crippen LogP contribution is 2.19. The standard InChI is InChI=1S/C26H32N6O6S/c1-17(2)14-21(30-26(35)22-15-27-18-8-3-4-9-19(18)28-22)25(34)29-20-10-7-12-31(16-23(20)33)39(37,38)24-11-5-6-13-32(24)36/h3-6,8-9,11,13,15,17,20-21,23,33H,7,10,12,14,16H2,1-2H3,(H,29,34)(H,30,35)/t20?,21-,23?/m0/s1. The molecule has 3 atom stereocenters. The van der Waals surface area contributed by atoms with Crippen molar-refractivity contribution in [3.63, 3.8) is 0 Å². The Hall–Kier alpha value is -3.68. The van der Waals surface area contributed by atoms with E-state index in [-0.39, 0.29) is 29.4 Å². The lowest BCUT2D eigenvalue weighted by Gasteiger charge is -2.27. The summed E-state index contributed by atoms with van der Waals surface area (Å²) < 4.78 is 27.4. The van der Waals surface area contributed by atoms with Crippen molar-refractivity contribution in [3.8, 4) is 0 Å². The first-order valence-electron chi connectivity index (χ1n) is 12.8. The zero-order chi connectivity index (χ0) is 28.2. The third kappa shape index (κ3) is 6.67. The van der Waals surface area contributed by atoms with Gasteiger partial charge in [0.1, 0.15) is 11.7 Å². The van der Waals surface area contributed by atoms with Gasteiger partial charge >= 0.3 is 15.0 Å². The van der Waals surface area contributed by atoms with E-state index < -0.39 is 45.1 Å². The molecule has 0 bridgehead atoms. The number of para-hydroxylation sites is 2. The van der Waals surface area contributed by atoms with Crippen molar-refractivity contribution in [1.29, 1.82) is 0 Å². The molecule has 0 aliphatic carbocycles. The van der Waals surface area contributed by atoms with E-state index in [1.807, 2.05) is 19.9 Å². The number of nitrogens with one attached hydrogen (secondary N) is 2. The molecule has 0 radical (unpaired) electrons. The average Bonchev–Trinajstić information content (AvgIpc) is 3.09. The fraction of sp³-hybridized carbons (Fsp3) is 0.423. The van der Waals surface area contributed by atoms with Crippen LogP contribution in [0.4, 0.5) is 0 Å². The number of pyridine rings is 1. The van der Waals surface area contributed by atoms with Crippen LogP contribution in [0.2, 0.25) is 0 Å². The van der Waals surface area contributed by atoms with Crippen molar-refractivity contribution >= 4 is 32.9 Å². The van der Waals surface area contributed by atoms with Gasteiger partial charge < -0.3 is 20.9 Å². The molecule has 1 fully saturated rings. The van der Waals surface area contributed by atoms with Gasteiger partial charge in [0.25, 0.3) is 5.91 Å². The summed E-state index contributed by atoms with van der Waals surface area (Å²) in [5.41, 5.74) is 1.26. The predicted molar refractivity (Wildman–Crippen MR) is 142 cm³/mol. The van der Waals surface area contributed by atoms with Crippen LogP contribution in [0.1, 0.15) is 43.6 Å². The number of hydrogen-bond acceptors (Lipinski definition) is 8. The second-order valence-electron chi connectivity index (χ2n) is 9.95. The van der Waals surface area contributed by atoms with Crippen molar-refractivity contribution in [2.24, 2.45) is 5.92 Å². The van der Waals surface area contributed by atoms with Crippen molar-refractivity contribution in [2.45, 2.75) is 56.3 Å². The van der Waals surface area contributed by atoms with E-state index in [1.165, 1.54) is 24.4 Å². The van der Waals surface area contributed by atoms with E-state index in [9.17, 15) is 28.3 Å². The lowest BCUT2D eigenvalue weighted by atomic mass is 10.0. The number of amides is 2. The highest BCUT2D eigenvalue weighted by molar-refractivity contribution is 7.88. The molecule has 3 N–H and O–H groups in total. The zero-order valence-corrected chi connectivity index (χ0v) is 22.5. The fourth-order valence-electron chi connectivity index (χ4n) is 4.52. The average molecular weight is 557 g/mol. The summed E-state index contributed by atoms with van der Waals surface area (Å²) in [6.07, 6.45) is 2.21. The number of aliphatic hydroxyl groups excluding tert-OH is 1. The molecule has 13 heteroatoms. The molecule has 3 aromatic rings. The number of carbonyl (C=O) groups excluding carboxylic acids is 2. The summed E-state index contributed by atoms with van der Waals surface area (Å²) in [7, 11) is -4.15. The van der Waals surface area contributed by atoms with Crippen LogP contribution in [-0.2, 0) is 14.8 Å². The Kier molecular flexibility index (Phi) is 8.73. The number of aromatic nitrogens is 3. The quantitative estimate of drug-likeness (QED) is 0.270. The van der Waals surface area contributed by atoms with E-state index in [0.29, 0.717) is 30.3 Å². The van der Waals surface area contributed by atoms with Crippen LogP contribution < -0.4 is 15.4 Å². The van der Waals surface area contributed by atoms with Gasteiger partial charge in [-0.3, -0.25) is 14.6 Å². The molecule has 0 spiro atoms. The van der Waals surface area contributed by atoms with E-state index in [4.69, 9.17) is 0 Å². The molecule has 208 valence electrons. The summed E-state index contributed by atoms with van der Waals surface area (Å²) in [4.78, 5) is 34.8. The van der Waals surface area contributed by atoms with Crippen molar-refractivity contribution in [3.05, 3.63) is 65.8 Å². The van der Waals surface area contributed by atoms with Gasteiger partial charge in [-0.2, -0.15) is 9.04 Å². The second-order valence-corrected chi connectivity index (χ2v) is 11.8. The minimum atomic E-state index is -4.15. The molecule has 12 nitrogen and oxygen atoms in total. The SMILES string of the molecule is CC(C)C[C@H](NC(=O)c1cnc2ccccc2n1)C(=O)NC1CCCN(S(=O)(=O)c2cccc[n+]2[O-])CC1O. The third-order valence-corrected chi connectivity index (χ3v) is 8.36.